The van der Waals surface area contributed by atoms with Crippen LogP contribution in [-0.2, 0) is 0 Å². The molecule has 2 saturated heterocycles. The molecule has 20 heavy (non-hydrogen) atoms. The van der Waals surface area contributed by atoms with Crippen molar-refractivity contribution in [3.8, 4) is 0 Å². The number of hydrogen-bond donors (Lipinski definition) is 2. The van der Waals surface area contributed by atoms with Gasteiger partial charge in [-0.3, -0.25) is 4.90 Å². The Morgan fingerprint density at radius 3 is 3.00 bits per heavy atom. The maximum absolute atomic E-state index is 10.7. The van der Waals surface area contributed by atoms with Crippen molar-refractivity contribution in [1.29, 1.82) is 0 Å². The number of carboxylic acid groups (broad SMARTS) is 1. The monoisotopic (exact) mass is 279 g/mol. The molecule has 2 fully saturated rings. The van der Waals surface area contributed by atoms with E-state index in [9.17, 15) is 4.79 Å². The van der Waals surface area contributed by atoms with Gasteiger partial charge in [-0.1, -0.05) is 13.0 Å². The fourth-order valence-electron chi connectivity index (χ4n) is 4.78. The van der Waals surface area contributed by atoms with Crippen molar-refractivity contribution in [2.24, 2.45) is 17.3 Å². The standard InChI is InChI=1S/C15H25N3O2/c1-15-6-7-17(2)13(15)18(3)12-5-4-10(8-11(12)15)9-16-14(19)20/h5,10-11,13,16H,4,6-9H2,1-3H3,(H,19,20). The quantitative estimate of drug-likeness (QED) is 0.809. The molecule has 112 valence electrons. The molecule has 0 bridgehead atoms. The predicted molar refractivity (Wildman–Crippen MR) is 77.2 cm³/mol. The van der Waals surface area contributed by atoms with Gasteiger partial charge in [-0.25, -0.2) is 4.79 Å². The molecule has 5 heteroatoms. The zero-order valence-electron chi connectivity index (χ0n) is 12.6. The first-order chi connectivity index (χ1) is 9.43. The lowest BCUT2D eigenvalue weighted by molar-refractivity contribution is 0.102. The smallest absolute Gasteiger partial charge is 0.404 e. The van der Waals surface area contributed by atoms with Crippen molar-refractivity contribution < 1.29 is 9.90 Å². The molecule has 1 aliphatic carbocycles. The van der Waals surface area contributed by atoms with Crippen molar-refractivity contribution >= 4 is 6.09 Å². The summed E-state index contributed by atoms with van der Waals surface area (Å²) in [5.74, 6) is 1.02. The van der Waals surface area contributed by atoms with E-state index >= 15 is 0 Å². The lowest BCUT2D eigenvalue weighted by Gasteiger charge is -2.34. The third-order valence-electron chi connectivity index (χ3n) is 5.71. The van der Waals surface area contributed by atoms with E-state index in [1.54, 1.807) is 0 Å². The van der Waals surface area contributed by atoms with Crippen molar-refractivity contribution in [3.63, 3.8) is 0 Å². The number of amides is 1. The van der Waals surface area contributed by atoms with Crippen LogP contribution in [-0.4, -0.2) is 54.4 Å². The maximum Gasteiger partial charge on any atom is 0.404 e. The Hall–Kier alpha value is -1.23. The van der Waals surface area contributed by atoms with Crippen LogP contribution < -0.4 is 5.32 Å². The third kappa shape index (κ3) is 1.91. The van der Waals surface area contributed by atoms with E-state index in [1.165, 1.54) is 12.1 Å². The summed E-state index contributed by atoms with van der Waals surface area (Å²) in [7, 11) is 4.43. The second-order valence-corrected chi connectivity index (χ2v) is 6.93. The highest BCUT2D eigenvalue weighted by Gasteiger charge is 2.57. The number of nitrogens with zero attached hydrogens (tertiary/aromatic N) is 2. The first-order valence-corrected chi connectivity index (χ1v) is 7.53. The zero-order valence-corrected chi connectivity index (χ0v) is 12.6. The third-order valence-corrected chi connectivity index (χ3v) is 5.71. The Bertz CT molecular complexity index is 450. The van der Waals surface area contributed by atoms with Crippen LogP contribution in [0, 0.1) is 17.3 Å². The summed E-state index contributed by atoms with van der Waals surface area (Å²) in [5.41, 5.74) is 1.80. The van der Waals surface area contributed by atoms with Gasteiger partial charge in [0.05, 0.1) is 6.17 Å². The van der Waals surface area contributed by atoms with Gasteiger partial charge in [-0.05, 0) is 32.2 Å². The van der Waals surface area contributed by atoms with E-state index in [1.807, 2.05) is 0 Å². The van der Waals surface area contributed by atoms with Gasteiger partial charge < -0.3 is 15.3 Å². The van der Waals surface area contributed by atoms with Crippen LogP contribution in [0.2, 0.25) is 0 Å². The average molecular weight is 279 g/mol. The van der Waals surface area contributed by atoms with Gasteiger partial charge in [0.2, 0.25) is 0 Å². The Morgan fingerprint density at radius 1 is 1.55 bits per heavy atom. The molecule has 3 aliphatic rings. The number of carbonyl (C=O) groups is 1. The van der Waals surface area contributed by atoms with Crippen LogP contribution in [0.15, 0.2) is 11.8 Å². The summed E-state index contributed by atoms with van der Waals surface area (Å²) < 4.78 is 0. The molecule has 0 aromatic carbocycles. The van der Waals surface area contributed by atoms with Crippen molar-refractivity contribution in [1.82, 2.24) is 15.1 Å². The van der Waals surface area contributed by atoms with E-state index in [2.05, 4.69) is 42.2 Å². The number of hydrogen-bond acceptors (Lipinski definition) is 3. The van der Waals surface area contributed by atoms with E-state index in [4.69, 9.17) is 5.11 Å². The summed E-state index contributed by atoms with van der Waals surface area (Å²) >= 11 is 0. The van der Waals surface area contributed by atoms with Gasteiger partial charge in [0, 0.05) is 37.2 Å². The lowest BCUT2D eigenvalue weighted by Crippen LogP contribution is -2.42. The van der Waals surface area contributed by atoms with Crippen molar-refractivity contribution in [2.45, 2.75) is 32.4 Å². The minimum absolute atomic E-state index is 0.317. The van der Waals surface area contributed by atoms with E-state index < -0.39 is 6.09 Å². The van der Waals surface area contributed by atoms with Gasteiger partial charge in [-0.15, -0.1) is 0 Å². The zero-order chi connectivity index (χ0) is 14.5. The van der Waals surface area contributed by atoms with E-state index in [0.29, 0.717) is 30.0 Å². The molecule has 3 rings (SSSR count). The molecular weight excluding hydrogens is 254 g/mol. The minimum Gasteiger partial charge on any atom is -0.465 e. The molecule has 5 nitrogen and oxygen atoms in total. The number of fused-ring (bicyclic) bond motifs is 3. The highest BCUT2D eigenvalue weighted by molar-refractivity contribution is 5.64. The summed E-state index contributed by atoms with van der Waals surface area (Å²) in [6.45, 7) is 4.15. The molecule has 2 heterocycles. The maximum atomic E-state index is 10.7. The number of rotatable bonds is 2. The van der Waals surface area contributed by atoms with Crippen molar-refractivity contribution in [3.05, 3.63) is 11.8 Å². The summed E-state index contributed by atoms with van der Waals surface area (Å²) in [5, 5.41) is 11.3. The summed E-state index contributed by atoms with van der Waals surface area (Å²) in [6, 6.07) is 0. The van der Waals surface area contributed by atoms with Crippen LogP contribution in [0.25, 0.3) is 0 Å². The second-order valence-electron chi connectivity index (χ2n) is 6.93. The van der Waals surface area contributed by atoms with Crippen LogP contribution >= 0.6 is 0 Å². The Balaban J connectivity index is 1.78. The van der Waals surface area contributed by atoms with Gasteiger partial charge in [0.25, 0.3) is 0 Å². The first-order valence-electron chi connectivity index (χ1n) is 7.53. The fourth-order valence-corrected chi connectivity index (χ4v) is 4.78. The SMILES string of the molecule is CN1CCC2(C)C3CC(CNC(=O)O)CC=C3N(C)C12. The second kappa shape index (κ2) is 4.65. The molecule has 2 aliphatic heterocycles. The average Bonchev–Trinajstić information content (AvgIpc) is 2.82. The van der Waals surface area contributed by atoms with Crippen LogP contribution in [0.1, 0.15) is 26.2 Å². The summed E-state index contributed by atoms with van der Waals surface area (Å²) in [6.07, 6.45) is 5.28. The lowest BCUT2D eigenvalue weighted by atomic mass is 9.69. The largest absolute Gasteiger partial charge is 0.465 e. The Morgan fingerprint density at radius 2 is 2.30 bits per heavy atom. The molecule has 4 atom stereocenters. The number of nitrogens with one attached hydrogen (secondary N) is 1. The van der Waals surface area contributed by atoms with Crippen LogP contribution in [0.4, 0.5) is 4.79 Å². The highest BCUT2D eigenvalue weighted by atomic mass is 16.4. The molecule has 0 aromatic rings. The van der Waals surface area contributed by atoms with Crippen LogP contribution in [0.3, 0.4) is 0 Å². The number of likely N-dealkylation sites (tertiary alicyclic amines) is 2. The topological polar surface area (TPSA) is 55.8 Å². The molecule has 4 unspecified atom stereocenters. The molecule has 1 amide bonds. The Labute approximate surface area is 120 Å². The van der Waals surface area contributed by atoms with Gasteiger partial charge in [-0.2, -0.15) is 0 Å². The molecule has 2 N–H and O–H groups in total. The summed E-state index contributed by atoms with van der Waals surface area (Å²) in [4.78, 5) is 15.6. The molecule has 0 aromatic heterocycles. The van der Waals surface area contributed by atoms with Gasteiger partial charge >= 0.3 is 6.09 Å². The molecule has 0 saturated carbocycles. The molecular formula is C15H25N3O2. The normalized spacial score (nSPS) is 40.2. The van der Waals surface area contributed by atoms with Gasteiger partial charge in [0.1, 0.15) is 0 Å². The van der Waals surface area contributed by atoms with E-state index in [-0.39, 0.29) is 0 Å². The number of allylic oxidation sites excluding steroid dienone is 2. The van der Waals surface area contributed by atoms with Gasteiger partial charge in [0.15, 0.2) is 0 Å². The van der Waals surface area contributed by atoms with Crippen LogP contribution in [0.5, 0.6) is 0 Å². The minimum atomic E-state index is -0.909. The predicted octanol–water partition coefficient (Wildman–Crippen LogP) is 1.78. The Kier molecular flexibility index (Phi) is 3.20. The van der Waals surface area contributed by atoms with E-state index in [0.717, 1.165) is 19.4 Å². The molecule has 0 radical (unpaired) electrons. The van der Waals surface area contributed by atoms with Crippen molar-refractivity contribution in [2.75, 3.05) is 27.2 Å². The fraction of sp³-hybridized carbons (Fsp3) is 0.800. The highest BCUT2D eigenvalue weighted by Crippen LogP contribution is 2.57. The first kappa shape index (κ1) is 13.7. The molecule has 0 spiro atoms.